The second kappa shape index (κ2) is 5.75. The van der Waals surface area contributed by atoms with Gasteiger partial charge >= 0.3 is 0 Å². The number of aromatic nitrogens is 2. The van der Waals surface area contributed by atoms with Crippen LogP contribution in [-0.4, -0.2) is 22.8 Å². The van der Waals surface area contributed by atoms with E-state index in [1.165, 1.54) is 0 Å². The first kappa shape index (κ1) is 14.7. The number of aryl methyl sites for hydroxylation is 1. The minimum absolute atomic E-state index is 0.118. The van der Waals surface area contributed by atoms with Gasteiger partial charge in [0.2, 0.25) is 0 Å². The molecule has 0 fully saturated rings. The molecule has 0 bridgehead atoms. The molecule has 0 spiro atoms. The number of rotatable bonds is 4. The fourth-order valence-electron chi connectivity index (χ4n) is 2.40. The molecule has 1 aromatic carbocycles. The lowest BCUT2D eigenvalue weighted by atomic mass is 9.84. The van der Waals surface area contributed by atoms with Gasteiger partial charge in [0.25, 0.3) is 0 Å². The van der Waals surface area contributed by atoms with Gasteiger partial charge in [-0.25, -0.2) is 0 Å². The number of nitrogens with one attached hydrogen (secondary N) is 1. The molecule has 4 heteroatoms. The summed E-state index contributed by atoms with van der Waals surface area (Å²) in [6.45, 7) is 9.28. The molecular weight excluding hydrogens is 248 g/mol. The van der Waals surface area contributed by atoms with E-state index in [1.807, 2.05) is 19.1 Å². The molecule has 0 saturated carbocycles. The Labute approximate surface area is 120 Å². The molecule has 1 unspecified atom stereocenters. The molecule has 0 saturated heterocycles. The van der Waals surface area contributed by atoms with Crippen LogP contribution in [0.1, 0.15) is 32.9 Å². The van der Waals surface area contributed by atoms with Crippen LogP contribution in [0.2, 0.25) is 0 Å². The SMILES string of the molecule is Cc1nnc(NC(CCN)C(C)(C)C)c2ccccc12. The third-order valence-electron chi connectivity index (χ3n) is 3.68. The third kappa shape index (κ3) is 3.07. The van der Waals surface area contributed by atoms with Crippen molar-refractivity contribution in [3.8, 4) is 0 Å². The van der Waals surface area contributed by atoms with Gasteiger partial charge in [-0.05, 0) is 25.3 Å². The van der Waals surface area contributed by atoms with Gasteiger partial charge in [-0.3, -0.25) is 0 Å². The predicted molar refractivity (Wildman–Crippen MR) is 84.8 cm³/mol. The van der Waals surface area contributed by atoms with Crippen molar-refractivity contribution in [3.63, 3.8) is 0 Å². The summed E-state index contributed by atoms with van der Waals surface area (Å²) in [5, 5.41) is 14.4. The van der Waals surface area contributed by atoms with Gasteiger partial charge in [-0.2, -0.15) is 5.10 Å². The molecule has 3 N–H and O–H groups in total. The highest BCUT2D eigenvalue weighted by molar-refractivity contribution is 5.92. The van der Waals surface area contributed by atoms with Crippen LogP contribution in [0.4, 0.5) is 5.82 Å². The van der Waals surface area contributed by atoms with E-state index in [0.29, 0.717) is 6.54 Å². The van der Waals surface area contributed by atoms with E-state index in [2.05, 4.69) is 48.4 Å². The molecule has 1 heterocycles. The second-order valence-corrected chi connectivity index (χ2v) is 6.32. The van der Waals surface area contributed by atoms with E-state index in [-0.39, 0.29) is 11.5 Å². The van der Waals surface area contributed by atoms with Crippen molar-refractivity contribution in [1.82, 2.24) is 10.2 Å². The van der Waals surface area contributed by atoms with Crippen molar-refractivity contribution in [3.05, 3.63) is 30.0 Å². The maximum absolute atomic E-state index is 5.74. The molecule has 0 radical (unpaired) electrons. The van der Waals surface area contributed by atoms with Gasteiger partial charge in [0, 0.05) is 16.8 Å². The minimum Gasteiger partial charge on any atom is -0.365 e. The van der Waals surface area contributed by atoms with Crippen LogP contribution in [0, 0.1) is 12.3 Å². The summed E-state index contributed by atoms with van der Waals surface area (Å²) in [6, 6.07) is 8.50. The summed E-state index contributed by atoms with van der Waals surface area (Å²) in [5.41, 5.74) is 6.81. The summed E-state index contributed by atoms with van der Waals surface area (Å²) in [7, 11) is 0. The van der Waals surface area contributed by atoms with E-state index in [9.17, 15) is 0 Å². The number of hydrogen-bond acceptors (Lipinski definition) is 4. The zero-order chi connectivity index (χ0) is 14.8. The number of hydrogen-bond donors (Lipinski definition) is 2. The maximum Gasteiger partial charge on any atom is 0.156 e. The number of nitrogens with two attached hydrogens (primary N) is 1. The second-order valence-electron chi connectivity index (χ2n) is 6.32. The van der Waals surface area contributed by atoms with E-state index < -0.39 is 0 Å². The van der Waals surface area contributed by atoms with E-state index in [4.69, 9.17) is 5.73 Å². The van der Waals surface area contributed by atoms with E-state index >= 15 is 0 Å². The van der Waals surface area contributed by atoms with E-state index in [0.717, 1.165) is 28.7 Å². The summed E-state index contributed by atoms with van der Waals surface area (Å²) in [4.78, 5) is 0. The van der Waals surface area contributed by atoms with Crippen LogP contribution in [0.3, 0.4) is 0 Å². The van der Waals surface area contributed by atoms with Crippen molar-refractivity contribution in [2.75, 3.05) is 11.9 Å². The quantitative estimate of drug-likeness (QED) is 0.897. The lowest BCUT2D eigenvalue weighted by Gasteiger charge is -2.32. The summed E-state index contributed by atoms with van der Waals surface area (Å²) in [5.74, 6) is 0.847. The van der Waals surface area contributed by atoms with Gasteiger partial charge < -0.3 is 11.1 Å². The van der Waals surface area contributed by atoms with Crippen molar-refractivity contribution in [2.24, 2.45) is 11.1 Å². The van der Waals surface area contributed by atoms with Gasteiger partial charge in [0.1, 0.15) is 0 Å². The van der Waals surface area contributed by atoms with Crippen LogP contribution >= 0.6 is 0 Å². The van der Waals surface area contributed by atoms with Crippen molar-refractivity contribution in [1.29, 1.82) is 0 Å². The first-order valence-corrected chi connectivity index (χ1v) is 7.12. The number of benzene rings is 1. The zero-order valence-electron chi connectivity index (χ0n) is 12.8. The Morgan fingerprint density at radius 3 is 2.40 bits per heavy atom. The van der Waals surface area contributed by atoms with Crippen molar-refractivity contribution >= 4 is 16.6 Å². The third-order valence-corrected chi connectivity index (χ3v) is 3.68. The Morgan fingerprint density at radius 1 is 1.15 bits per heavy atom. The maximum atomic E-state index is 5.74. The van der Waals surface area contributed by atoms with Crippen molar-refractivity contribution < 1.29 is 0 Å². The average molecular weight is 272 g/mol. The molecule has 0 aliphatic heterocycles. The smallest absolute Gasteiger partial charge is 0.156 e. The van der Waals surface area contributed by atoms with Gasteiger partial charge in [0.05, 0.1) is 5.69 Å². The topological polar surface area (TPSA) is 63.8 Å². The summed E-state index contributed by atoms with van der Waals surface area (Å²) in [6.07, 6.45) is 0.910. The number of fused-ring (bicyclic) bond motifs is 1. The first-order valence-electron chi connectivity index (χ1n) is 7.12. The molecule has 20 heavy (non-hydrogen) atoms. The first-order chi connectivity index (χ1) is 9.43. The van der Waals surface area contributed by atoms with Crippen LogP contribution < -0.4 is 11.1 Å². The Kier molecular flexibility index (Phi) is 4.23. The molecule has 1 atom stereocenters. The van der Waals surface area contributed by atoms with E-state index in [1.54, 1.807) is 0 Å². The molecule has 108 valence electrons. The Hall–Kier alpha value is -1.68. The number of anilines is 1. The highest BCUT2D eigenvalue weighted by atomic mass is 15.2. The van der Waals surface area contributed by atoms with Gasteiger partial charge in [-0.15, -0.1) is 5.10 Å². The predicted octanol–water partition coefficient (Wildman–Crippen LogP) is 3.11. The van der Waals surface area contributed by atoms with Crippen molar-refractivity contribution in [2.45, 2.75) is 40.2 Å². The molecule has 1 aromatic heterocycles. The Balaban J connectivity index is 2.40. The highest BCUT2D eigenvalue weighted by Gasteiger charge is 2.24. The Bertz CT molecular complexity index is 587. The zero-order valence-corrected chi connectivity index (χ0v) is 12.8. The molecule has 0 aliphatic rings. The molecule has 2 rings (SSSR count). The highest BCUT2D eigenvalue weighted by Crippen LogP contribution is 2.28. The van der Waals surface area contributed by atoms with Crippen LogP contribution in [0.5, 0.6) is 0 Å². The van der Waals surface area contributed by atoms with Crippen LogP contribution in [0.15, 0.2) is 24.3 Å². The molecule has 0 amide bonds. The lowest BCUT2D eigenvalue weighted by Crippen LogP contribution is -2.36. The standard InChI is InChI=1S/C16H24N4/c1-11-12-7-5-6-8-13(12)15(20-19-11)18-14(9-10-17)16(2,3)4/h5-8,14H,9-10,17H2,1-4H3,(H,18,20). The monoisotopic (exact) mass is 272 g/mol. The fourth-order valence-corrected chi connectivity index (χ4v) is 2.40. The fraction of sp³-hybridized carbons (Fsp3) is 0.500. The van der Waals surface area contributed by atoms with Crippen LogP contribution in [0.25, 0.3) is 10.8 Å². The lowest BCUT2D eigenvalue weighted by molar-refractivity contribution is 0.328. The molecular formula is C16H24N4. The largest absolute Gasteiger partial charge is 0.365 e. The van der Waals surface area contributed by atoms with Crippen LogP contribution in [-0.2, 0) is 0 Å². The number of nitrogens with zero attached hydrogens (tertiary/aromatic N) is 2. The van der Waals surface area contributed by atoms with Gasteiger partial charge in [0.15, 0.2) is 5.82 Å². The molecule has 4 nitrogen and oxygen atoms in total. The summed E-state index contributed by atoms with van der Waals surface area (Å²) < 4.78 is 0. The summed E-state index contributed by atoms with van der Waals surface area (Å²) >= 11 is 0. The average Bonchev–Trinajstić information content (AvgIpc) is 2.40. The Morgan fingerprint density at radius 2 is 1.80 bits per heavy atom. The van der Waals surface area contributed by atoms with Gasteiger partial charge in [-0.1, -0.05) is 45.0 Å². The molecule has 0 aliphatic carbocycles. The minimum atomic E-state index is 0.118. The normalized spacial score (nSPS) is 13.4. The molecule has 2 aromatic rings.